The van der Waals surface area contributed by atoms with Crippen LogP contribution in [-0.4, -0.2) is 37.6 Å². The average Bonchev–Trinajstić information content (AvgIpc) is 2.63. The summed E-state index contributed by atoms with van der Waals surface area (Å²) in [5.41, 5.74) is -0.206. The van der Waals surface area contributed by atoms with Gasteiger partial charge in [0.15, 0.2) is 0 Å². The summed E-state index contributed by atoms with van der Waals surface area (Å²) in [5, 5.41) is 0. The van der Waals surface area contributed by atoms with Crippen molar-refractivity contribution in [3.8, 4) is 0 Å². The lowest BCUT2D eigenvalue weighted by Gasteiger charge is -2.40. The smallest absolute Gasteiger partial charge is 0.306 e. The molecule has 1 fully saturated rings. The molecule has 3 nitrogen and oxygen atoms in total. The van der Waals surface area contributed by atoms with Gasteiger partial charge in [-0.25, -0.2) is 0 Å². The predicted molar refractivity (Wildman–Crippen MR) is 85.3 cm³/mol. The van der Waals surface area contributed by atoms with E-state index in [9.17, 15) is 4.79 Å². The first-order valence-corrected chi connectivity index (χ1v) is 7.06. The third kappa shape index (κ3) is 4.57. The van der Waals surface area contributed by atoms with Gasteiger partial charge in [0, 0.05) is 4.11 Å². The molecule has 1 aliphatic rings. The Morgan fingerprint density at radius 2 is 2.29 bits per heavy atom. The summed E-state index contributed by atoms with van der Waals surface area (Å²) >= 11 is 0. The Morgan fingerprint density at radius 3 is 3.00 bits per heavy atom. The molecule has 1 heterocycles. The van der Waals surface area contributed by atoms with Gasteiger partial charge < -0.3 is 9.64 Å². The minimum Gasteiger partial charge on any atom is -0.466 e. The first-order valence-electron chi connectivity index (χ1n) is 11.6. The number of likely N-dealkylation sites (tertiary alicyclic amines) is 1. The Hall–Kier alpha value is -1.35. The van der Waals surface area contributed by atoms with Gasteiger partial charge in [0.2, 0.25) is 0 Å². The second-order valence-electron chi connectivity index (χ2n) is 5.84. The normalized spacial score (nSPS) is 25.9. The Labute approximate surface area is 140 Å². The fourth-order valence-corrected chi connectivity index (χ4v) is 2.86. The van der Waals surface area contributed by atoms with Gasteiger partial charge in [-0.05, 0) is 64.2 Å². The number of piperidine rings is 1. The molecule has 0 N–H and O–H groups in total. The lowest BCUT2D eigenvalue weighted by molar-refractivity contribution is -0.146. The molecule has 0 unspecified atom stereocenters. The van der Waals surface area contributed by atoms with Gasteiger partial charge >= 0.3 is 5.97 Å². The number of esters is 1. The van der Waals surface area contributed by atoms with Crippen LogP contribution in [0.15, 0.2) is 24.2 Å². The van der Waals surface area contributed by atoms with E-state index in [0.29, 0.717) is 25.9 Å². The molecule has 0 aliphatic carbocycles. The molecule has 1 saturated heterocycles. The molecule has 116 valence electrons. The highest BCUT2D eigenvalue weighted by molar-refractivity contribution is 5.70. The van der Waals surface area contributed by atoms with Gasteiger partial charge in [-0.2, -0.15) is 0 Å². The summed E-state index contributed by atoms with van der Waals surface area (Å²) in [6.07, 6.45) is 0.869. The summed E-state index contributed by atoms with van der Waals surface area (Å²) in [7, 11) is 1.92. The van der Waals surface area contributed by atoms with Crippen molar-refractivity contribution in [2.45, 2.75) is 39.5 Å². The van der Waals surface area contributed by atoms with E-state index in [2.05, 4.69) is 9.64 Å². The molecule has 1 aliphatic heterocycles. The van der Waals surface area contributed by atoms with E-state index in [4.69, 9.17) is 12.3 Å². The third-order valence-corrected chi connectivity index (χ3v) is 4.09. The van der Waals surface area contributed by atoms with Gasteiger partial charge in [0.05, 0.1) is 21.2 Å². The molecule has 0 saturated carbocycles. The quantitative estimate of drug-likeness (QED) is 0.782. The third-order valence-electron chi connectivity index (χ3n) is 4.09. The van der Waals surface area contributed by atoms with Crippen molar-refractivity contribution in [2.75, 3.05) is 26.7 Å². The zero-order valence-corrected chi connectivity index (χ0v) is 12.5. The monoisotopic (exact) mass is 298 g/mol. The van der Waals surface area contributed by atoms with Crippen LogP contribution in [0.2, 0.25) is 0 Å². The van der Waals surface area contributed by atoms with Crippen molar-refractivity contribution in [3.63, 3.8) is 0 Å². The predicted octanol–water partition coefficient (Wildman–Crippen LogP) is 3.20. The highest BCUT2D eigenvalue weighted by Gasteiger charge is 2.36. The van der Waals surface area contributed by atoms with Gasteiger partial charge in [-0.3, -0.25) is 4.79 Å². The minimum atomic E-state index is -3.12. The van der Waals surface area contributed by atoms with E-state index in [-0.39, 0.29) is 48.1 Å². The van der Waals surface area contributed by atoms with Gasteiger partial charge in [-0.15, -0.1) is 0 Å². The number of benzene rings is 1. The highest BCUT2D eigenvalue weighted by Crippen LogP contribution is 2.38. The lowest BCUT2D eigenvalue weighted by atomic mass is 9.71. The largest absolute Gasteiger partial charge is 0.466 e. The number of hydrogen-bond acceptors (Lipinski definition) is 3. The van der Waals surface area contributed by atoms with E-state index in [1.165, 1.54) is 0 Å². The first-order chi connectivity index (χ1) is 13.6. The summed E-state index contributed by atoms with van der Waals surface area (Å²) in [6.45, 7) is -3.43. The number of nitrogens with zero attached hydrogens (tertiary/aromatic N) is 1. The summed E-state index contributed by atoms with van der Waals surface area (Å²) in [4.78, 5) is 14.6. The topological polar surface area (TPSA) is 29.5 Å². The van der Waals surface area contributed by atoms with Crippen LogP contribution in [0.25, 0.3) is 0 Å². The standard InChI is InChI=1S/C18H27NO2/c1-4-21-17(20)14-18(8-10-19(3)11-9-18)13-16-7-5-6-15(2)12-16/h5-7,12H,4,8-11,13-14H2,1-3H3/i1D3,4D2,5D,6D,7D,12D. The second-order valence-corrected chi connectivity index (χ2v) is 5.84. The zero-order chi connectivity index (χ0) is 23.1. The molecular weight excluding hydrogens is 262 g/mol. The van der Waals surface area contributed by atoms with Gasteiger partial charge in [0.25, 0.3) is 0 Å². The number of carbonyl (C=O) groups excluding carboxylic acids is 1. The number of hydrogen-bond donors (Lipinski definition) is 0. The molecule has 1 aromatic carbocycles. The molecule has 21 heavy (non-hydrogen) atoms. The highest BCUT2D eigenvalue weighted by atomic mass is 16.5. The van der Waals surface area contributed by atoms with Gasteiger partial charge in [-0.1, -0.05) is 29.7 Å². The number of rotatable bonds is 5. The van der Waals surface area contributed by atoms with Crippen LogP contribution in [0.5, 0.6) is 0 Å². The Kier molecular flexibility index (Phi) is 2.62. The van der Waals surface area contributed by atoms with Crippen LogP contribution < -0.4 is 0 Å². The fraction of sp³-hybridized carbons (Fsp3) is 0.611. The van der Waals surface area contributed by atoms with E-state index in [0.717, 1.165) is 0 Å². The molecule has 0 spiro atoms. The molecule has 0 atom stereocenters. The fourth-order valence-electron chi connectivity index (χ4n) is 2.86. The van der Waals surface area contributed by atoms with E-state index < -0.39 is 24.8 Å². The number of carbonyl (C=O) groups is 1. The van der Waals surface area contributed by atoms with Crippen LogP contribution in [0.1, 0.15) is 49.6 Å². The van der Waals surface area contributed by atoms with Crippen molar-refractivity contribution in [1.82, 2.24) is 4.90 Å². The van der Waals surface area contributed by atoms with E-state index in [1.54, 1.807) is 6.92 Å². The SMILES string of the molecule is [2H]c1c([2H])c(C)c([2H])c(CC2(CC(=O)OC([2H])([2H])C([2H])([2H])[2H])CCN(C)CC2)c1[2H]. The van der Waals surface area contributed by atoms with E-state index >= 15 is 0 Å². The Morgan fingerprint density at radius 1 is 1.52 bits per heavy atom. The number of ether oxygens (including phenoxy) is 1. The summed E-state index contributed by atoms with van der Waals surface area (Å²) in [5.74, 6) is -0.987. The molecule has 1 aromatic rings. The summed E-state index contributed by atoms with van der Waals surface area (Å²) in [6, 6.07) is -0.676. The minimum absolute atomic E-state index is 0.00880. The van der Waals surface area contributed by atoms with Crippen LogP contribution in [0.4, 0.5) is 0 Å². The van der Waals surface area contributed by atoms with E-state index in [1.807, 2.05) is 7.05 Å². The van der Waals surface area contributed by atoms with Crippen molar-refractivity contribution in [3.05, 3.63) is 35.3 Å². The first kappa shape index (κ1) is 7.77. The molecule has 0 amide bonds. The van der Waals surface area contributed by atoms with Crippen molar-refractivity contribution < 1.29 is 21.9 Å². The lowest BCUT2D eigenvalue weighted by Crippen LogP contribution is -2.40. The molecule has 0 aromatic heterocycles. The van der Waals surface area contributed by atoms with Crippen LogP contribution in [-0.2, 0) is 16.0 Å². The molecule has 0 bridgehead atoms. The molecular formula is C18H27NO2. The average molecular weight is 298 g/mol. The zero-order valence-electron chi connectivity index (χ0n) is 21.5. The molecule has 2 rings (SSSR count). The maximum Gasteiger partial charge on any atom is 0.306 e. The van der Waals surface area contributed by atoms with Crippen molar-refractivity contribution in [2.24, 2.45) is 5.41 Å². The molecule has 0 radical (unpaired) electrons. The van der Waals surface area contributed by atoms with Crippen molar-refractivity contribution in [1.29, 1.82) is 0 Å². The maximum absolute atomic E-state index is 12.5. The maximum atomic E-state index is 12.5. The Balaban J connectivity index is 2.37. The van der Waals surface area contributed by atoms with Gasteiger partial charge in [0.1, 0.15) is 0 Å². The summed E-state index contributed by atoms with van der Waals surface area (Å²) < 4.78 is 73.8. The van der Waals surface area contributed by atoms with Crippen LogP contribution in [0.3, 0.4) is 0 Å². The van der Waals surface area contributed by atoms with Crippen LogP contribution >= 0.6 is 0 Å². The second kappa shape index (κ2) is 7.08. The Bertz CT molecular complexity index is 786. The van der Waals surface area contributed by atoms with Crippen molar-refractivity contribution >= 4 is 5.97 Å². The molecule has 3 heteroatoms. The van der Waals surface area contributed by atoms with Crippen LogP contribution in [0, 0.1) is 12.3 Å².